The van der Waals surface area contributed by atoms with E-state index in [1.54, 1.807) is 0 Å². The maximum atomic E-state index is 12.9. The smallest absolute Gasteiger partial charge is 0.306 e. The molecule has 6 nitrogen and oxygen atoms in total. The van der Waals surface area contributed by atoms with Gasteiger partial charge in [-0.25, -0.2) is 0 Å². The minimum Gasteiger partial charge on any atom is -0.462 e. The Labute approximate surface area is 455 Å². The second-order valence-electron chi connectivity index (χ2n) is 22.0. The van der Waals surface area contributed by atoms with E-state index in [1.165, 1.54) is 244 Å². The number of hydrogen-bond donors (Lipinski definition) is 0. The topological polar surface area (TPSA) is 78.9 Å². The molecule has 0 fully saturated rings. The highest BCUT2D eigenvalue weighted by molar-refractivity contribution is 5.71. The third kappa shape index (κ3) is 60.4. The molecule has 0 spiro atoms. The van der Waals surface area contributed by atoms with Crippen LogP contribution in [0.5, 0.6) is 0 Å². The van der Waals surface area contributed by atoms with Crippen LogP contribution in [0.2, 0.25) is 0 Å². The summed E-state index contributed by atoms with van der Waals surface area (Å²) >= 11 is 0. The fourth-order valence-corrected chi connectivity index (χ4v) is 9.75. The maximum Gasteiger partial charge on any atom is 0.306 e. The van der Waals surface area contributed by atoms with Crippen LogP contribution in [0.25, 0.3) is 0 Å². The van der Waals surface area contributed by atoms with Gasteiger partial charge in [-0.1, -0.05) is 314 Å². The average molecular weight is 1030 g/mol. The van der Waals surface area contributed by atoms with E-state index in [0.29, 0.717) is 19.3 Å². The minimum absolute atomic E-state index is 0.0675. The third-order valence-corrected chi connectivity index (χ3v) is 14.6. The van der Waals surface area contributed by atoms with Crippen LogP contribution in [0.15, 0.2) is 36.5 Å². The zero-order valence-electron chi connectivity index (χ0n) is 49.2. The highest BCUT2D eigenvalue weighted by atomic mass is 16.6. The highest BCUT2D eigenvalue weighted by Gasteiger charge is 2.19. The third-order valence-electron chi connectivity index (χ3n) is 14.6. The van der Waals surface area contributed by atoms with Crippen molar-refractivity contribution in [3.8, 4) is 0 Å². The Hall–Kier alpha value is -2.37. The Morgan fingerprint density at radius 3 is 0.767 bits per heavy atom. The summed E-state index contributed by atoms with van der Waals surface area (Å²) in [5.74, 6) is -0.847. The van der Waals surface area contributed by atoms with Crippen molar-refractivity contribution in [1.82, 2.24) is 0 Å². The van der Waals surface area contributed by atoms with Gasteiger partial charge in [0, 0.05) is 19.3 Å². The van der Waals surface area contributed by atoms with E-state index in [2.05, 4.69) is 57.2 Å². The van der Waals surface area contributed by atoms with Gasteiger partial charge >= 0.3 is 17.9 Å². The van der Waals surface area contributed by atoms with Crippen LogP contribution < -0.4 is 0 Å². The molecule has 0 aliphatic heterocycles. The zero-order valence-corrected chi connectivity index (χ0v) is 49.2. The number of allylic oxidation sites excluding steroid dienone is 6. The molecule has 0 N–H and O–H groups in total. The van der Waals surface area contributed by atoms with E-state index in [0.717, 1.165) is 70.6 Å². The van der Waals surface area contributed by atoms with Gasteiger partial charge in [-0.3, -0.25) is 14.4 Å². The van der Waals surface area contributed by atoms with Gasteiger partial charge in [-0.15, -0.1) is 0 Å². The van der Waals surface area contributed by atoms with E-state index in [-0.39, 0.29) is 31.1 Å². The van der Waals surface area contributed by atoms with Crippen LogP contribution in [0.4, 0.5) is 0 Å². The van der Waals surface area contributed by atoms with Gasteiger partial charge in [0.25, 0.3) is 0 Å². The van der Waals surface area contributed by atoms with E-state index in [4.69, 9.17) is 14.2 Å². The molecule has 1 unspecified atom stereocenters. The Bertz CT molecular complexity index is 1220. The summed E-state index contributed by atoms with van der Waals surface area (Å²) in [4.78, 5) is 38.3. The molecule has 0 saturated heterocycles. The number of unbranched alkanes of at least 4 members (excludes halogenated alkanes) is 43. The summed E-state index contributed by atoms with van der Waals surface area (Å²) in [5, 5.41) is 0. The van der Waals surface area contributed by atoms with Crippen LogP contribution in [0.3, 0.4) is 0 Å². The second kappa shape index (κ2) is 62.2. The molecule has 0 aromatic heterocycles. The van der Waals surface area contributed by atoms with Gasteiger partial charge in [0.1, 0.15) is 13.2 Å². The molecule has 0 radical (unpaired) electrons. The summed E-state index contributed by atoms with van der Waals surface area (Å²) in [6.07, 6.45) is 75.8. The van der Waals surface area contributed by atoms with Crippen molar-refractivity contribution < 1.29 is 28.6 Å². The molecule has 73 heavy (non-hydrogen) atoms. The van der Waals surface area contributed by atoms with E-state index in [9.17, 15) is 14.4 Å². The van der Waals surface area contributed by atoms with Crippen LogP contribution in [0, 0.1) is 0 Å². The van der Waals surface area contributed by atoms with Crippen LogP contribution in [-0.4, -0.2) is 37.2 Å². The lowest BCUT2D eigenvalue weighted by Gasteiger charge is -2.18. The van der Waals surface area contributed by atoms with Crippen molar-refractivity contribution in [3.63, 3.8) is 0 Å². The van der Waals surface area contributed by atoms with Gasteiger partial charge in [-0.2, -0.15) is 0 Å². The second-order valence-corrected chi connectivity index (χ2v) is 22.0. The molecule has 0 aromatic carbocycles. The number of carbonyl (C=O) groups excluding carboxylic acids is 3. The number of hydrogen-bond acceptors (Lipinski definition) is 6. The zero-order chi connectivity index (χ0) is 52.9. The monoisotopic (exact) mass is 1020 g/mol. The molecule has 0 saturated carbocycles. The Balaban J connectivity index is 4.25. The number of esters is 3. The van der Waals surface area contributed by atoms with Crippen molar-refractivity contribution in [2.75, 3.05) is 13.2 Å². The molecule has 0 bridgehead atoms. The normalized spacial score (nSPS) is 12.2. The Morgan fingerprint density at radius 1 is 0.274 bits per heavy atom. The van der Waals surface area contributed by atoms with E-state index in [1.807, 2.05) is 0 Å². The van der Waals surface area contributed by atoms with Gasteiger partial charge in [0.05, 0.1) is 0 Å². The Kier molecular flexibility index (Phi) is 60.2. The lowest BCUT2D eigenvalue weighted by Crippen LogP contribution is -2.30. The summed E-state index contributed by atoms with van der Waals surface area (Å²) in [5.41, 5.74) is 0. The molecule has 428 valence electrons. The summed E-state index contributed by atoms with van der Waals surface area (Å²) in [6.45, 7) is 6.68. The predicted molar refractivity (Wildman–Crippen MR) is 316 cm³/mol. The molecule has 0 heterocycles. The van der Waals surface area contributed by atoms with Crippen LogP contribution >= 0.6 is 0 Å². The molecule has 0 rings (SSSR count). The predicted octanol–water partition coefficient (Wildman–Crippen LogP) is 22.0. The molecule has 0 aliphatic carbocycles. The van der Waals surface area contributed by atoms with Crippen molar-refractivity contribution in [3.05, 3.63) is 36.5 Å². The molecule has 0 aromatic rings. The molecule has 6 heteroatoms. The molecular formula is C67H124O6. The maximum absolute atomic E-state index is 12.9. The number of carbonyl (C=O) groups is 3. The standard InChI is InChI=1S/C67H124O6/c1-4-7-10-13-16-19-22-25-27-29-31-32-33-34-35-36-37-39-40-42-45-48-51-54-57-60-66(69)72-63-64(62-71-65(68)59-56-53-50-47-44-24-21-18-15-12-9-6-3)73-67(70)61-58-55-52-49-46-43-41-38-30-28-26-23-20-17-14-11-8-5-2/h22,25,29,31,33-34,64H,4-21,23-24,26-28,30,32,35-63H2,1-3H3/b25-22-,31-29-,34-33-. The van der Waals surface area contributed by atoms with Gasteiger partial charge in [-0.05, 0) is 57.8 Å². The Morgan fingerprint density at radius 2 is 0.493 bits per heavy atom. The minimum atomic E-state index is -0.770. The first-order valence-corrected chi connectivity index (χ1v) is 32.5. The number of rotatable bonds is 60. The first-order chi connectivity index (χ1) is 36.0. The average Bonchev–Trinajstić information content (AvgIpc) is 3.39. The summed E-state index contributed by atoms with van der Waals surface area (Å²) in [6, 6.07) is 0. The largest absolute Gasteiger partial charge is 0.462 e. The fraction of sp³-hybridized carbons (Fsp3) is 0.866. The van der Waals surface area contributed by atoms with Crippen LogP contribution in [-0.2, 0) is 28.6 Å². The van der Waals surface area contributed by atoms with Crippen molar-refractivity contribution >= 4 is 17.9 Å². The van der Waals surface area contributed by atoms with E-state index >= 15 is 0 Å². The molecule has 1 atom stereocenters. The SMILES string of the molecule is CCCCCCC/C=C\C/C=C\C/C=C\CCCCCCCCCCCCC(=O)OCC(COC(=O)CCCCCCCCCCCCCC)OC(=O)CCCCCCCCCCCCCCCCCCCC. The van der Waals surface area contributed by atoms with Crippen molar-refractivity contribution in [2.45, 2.75) is 361 Å². The highest BCUT2D eigenvalue weighted by Crippen LogP contribution is 2.18. The lowest BCUT2D eigenvalue weighted by atomic mass is 10.0. The van der Waals surface area contributed by atoms with E-state index < -0.39 is 6.10 Å². The quantitative estimate of drug-likeness (QED) is 0.0261. The van der Waals surface area contributed by atoms with Gasteiger partial charge in [0.2, 0.25) is 0 Å². The first kappa shape index (κ1) is 70.6. The van der Waals surface area contributed by atoms with Crippen molar-refractivity contribution in [1.29, 1.82) is 0 Å². The van der Waals surface area contributed by atoms with Crippen molar-refractivity contribution in [2.24, 2.45) is 0 Å². The molecule has 0 amide bonds. The molecule has 0 aliphatic rings. The van der Waals surface area contributed by atoms with Crippen LogP contribution in [0.1, 0.15) is 355 Å². The summed E-state index contributed by atoms with van der Waals surface area (Å²) in [7, 11) is 0. The molecular weight excluding hydrogens is 901 g/mol. The summed E-state index contributed by atoms with van der Waals surface area (Å²) < 4.78 is 16.9. The van der Waals surface area contributed by atoms with Gasteiger partial charge < -0.3 is 14.2 Å². The number of ether oxygens (including phenoxy) is 3. The van der Waals surface area contributed by atoms with Gasteiger partial charge in [0.15, 0.2) is 6.10 Å². The lowest BCUT2D eigenvalue weighted by molar-refractivity contribution is -0.167. The fourth-order valence-electron chi connectivity index (χ4n) is 9.75. The first-order valence-electron chi connectivity index (χ1n) is 32.5.